The minimum atomic E-state index is -3.16. The van der Waals surface area contributed by atoms with Crippen LogP contribution in [-0.4, -0.2) is 13.7 Å². The van der Waals surface area contributed by atoms with Gasteiger partial charge in [-0.3, -0.25) is 0 Å². The number of hydrogen-bond donors (Lipinski definition) is 0. The van der Waals surface area contributed by atoms with Gasteiger partial charge >= 0.3 is 0 Å². The maximum absolute atomic E-state index is 13.1. The molecule has 0 fully saturated rings. The largest absolute Gasteiger partial charge is 0.228 e. The highest BCUT2D eigenvalue weighted by atomic mass is 79.9. The second-order valence-electron chi connectivity index (χ2n) is 3.60. The molecule has 1 rings (SSSR count). The van der Waals surface area contributed by atoms with Crippen molar-refractivity contribution in [3.05, 3.63) is 34.1 Å². The van der Waals surface area contributed by atoms with Crippen molar-refractivity contribution in [3.8, 4) is 0 Å². The second-order valence-corrected chi connectivity index (χ2v) is 7.02. The van der Waals surface area contributed by atoms with Crippen LogP contribution < -0.4 is 0 Å². The van der Waals surface area contributed by atoms with Crippen molar-refractivity contribution in [2.75, 3.05) is 0 Å². The average molecular weight is 295 g/mol. The summed E-state index contributed by atoms with van der Waals surface area (Å²) in [7, 11) is -3.16. The van der Waals surface area contributed by atoms with Gasteiger partial charge in [0.05, 0.1) is 15.5 Å². The van der Waals surface area contributed by atoms with Crippen LogP contribution in [0.25, 0.3) is 0 Å². The van der Waals surface area contributed by atoms with E-state index in [0.29, 0.717) is 10.0 Å². The lowest BCUT2D eigenvalue weighted by Gasteiger charge is -2.07. The zero-order chi connectivity index (χ0) is 11.6. The van der Waals surface area contributed by atoms with Gasteiger partial charge in [-0.15, -0.1) is 0 Å². The van der Waals surface area contributed by atoms with Gasteiger partial charge in [0.25, 0.3) is 0 Å². The highest BCUT2D eigenvalue weighted by Crippen LogP contribution is 2.18. The fourth-order valence-corrected chi connectivity index (χ4v) is 2.25. The molecule has 2 nitrogen and oxygen atoms in total. The van der Waals surface area contributed by atoms with Crippen molar-refractivity contribution in [3.63, 3.8) is 0 Å². The van der Waals surface area contributed by atoms with E-state index in [1.54, 1.807) is 19.9 Å². The summed E-state index contributed by atoms with van der Waals surface area (Å²) in [6.07, 6.45) is 0. The lowest BCUT2D eigenvalue weighted by Crippen LogP contribution is -2.16. The highest BCUT2D eigenvalue weighted by molar-refractivity contribution is 9.10. The van der Waals surface area contributed by atoms with Crippen LogP contribution in [-0.2, 0) is 15.6 Å². The molecule has 0 radical (unpaired) electrons. The van der Waals surface area contributed by atoms with Crippen LogP contribution in [0.1, 0.15) is 19.4 Å². The first-order chi connectivity index (χ1) is 6.83. The Labute approximate surface area is 97.5 Å². The van der Waals surface area contributed by atoms with Crippen molar-refractivity contribution >= 4 is 25.8 Å². The molecule has 5 heteroatoms. The molecule has 0 atom stereocenters. The predicted molar refractivity (Wildman–Crippen MR) is 61.9 cm³/mol. The number of rotatable bonds is 3. The standard InChI is InChI=1S/C10H12BrFO2S/c1-7(2)15(13,14)6-8-3-4-9(11)10(12)5-8/h3-5,7H,6H2,1-2H3. The summed E-state index contributed by atoms with van der Waals surface area (Å²) < 4.78 is 36.6. The maximum atomic E-state index is 13.1. The predicted octanol–water partition coefficient (Wildman–Crippen LogP) is 2.91. The summed E-state index contributed by atoms with van der Waals surface area (Å²) in [5.41, 5.74) is 0.476. The van der Waals surface area contributed by atoms with Gasteiger partial charge in [-0.25, -0.2) is 12.8 Å². The van der Waals surface area contributed by atoms with E-state index in [1.807, 2.05) is 0 Å². The molecule has 0 amide bonds. The van der Waals surface area contributed by atoms with Crippen molar-refractivity contribution in [1.82, 2.24) is 0 Å². The summed E-state index contributed by atoms with van der Waals surface area (Å²) in [5, 5.41) is -0.441. The van der Waals surface area contributed by atoms with Crippen LogP contribution in [0.5, 0.6) is 0 Å². The molecule has 0 heterocycles. The molecule has 84 valence electrons. The Kier molecular flexibility index (Phi) is 3.89. The summed E-state index contributed by atoms with van der Waals surface area (Å²) in [6.45, 7) is 3.23. The molecule has 0 bridgehead atoms. The SMILES string of the molecule is CC(C)S(=O)(=O)Cc1ccc(Br)c(F)c1. The molecule has 0 aliphatic rings. The van der Waals surface area contributed by atoms with Crippen LogP contribution in [0.4, 0.5) is 4.39 Å². The van der Waals surface area contributed by atoms with Gasteiger partial charge in [0.1, 0.15) is 5.82 Å². The van der Waals surface area contributed by atoms with Crippen LogP contribution in [0.15, 0.2) is 22.7 Å². The Morgan fingerprint density at radius 3 is 2.47 bits per heavy atom. The molecule has 0 aliphatic carbocycles. The number of halogens is 2. The van der Waals surface area contributed by atoms with E-state index in [1.165, 1.54) is 12.1 Å². The number of sulfone groups is 1. The molecule has 0 unspecified atom stereocenters. The molecule has 1 aromatic carbocycles. The molecule has 0 saturated heterocycles. The van der Waals surface area contributed by atoms with E-state index in [9.17, 15) is 12.8 Å². The van der Waals surface area contributed by atoms with Crippen LogP contribution in [0.2, 0.25) is 0 Å². The third kappa shape index (κ3) is 3.28. The molecular weight excluding hydrogens is 283 g/mol. The van der Waals surface area contributed by atoms with E-state index in [4.69, 9.17) is 0 Å². The Morgan fingerprint density at radius 1 is 1.40 bits per heavy atom. The van der Waals surface area contributed by atoms with Crippen molar-refractivity contribution in [2.24, 2.45) is 0 Å². The van der Waals surface area contributed by atoms with E-state index >= 15 is 0 Å². The van der Waals surface area contributed by atoms with Crippen LogP contribution in [0.3, 0.4) is 0 Å². The molecule has 0 N–H and O–H groups in total. The van der Waals surface area contributed by atoms with Crippen molar-refractivity contribution in [2.45, 2.75) is 24.9 Å². The highest BCUT2D eigenvalue weighted by Gasteiger charge is 2.17. The van der Waals surface area contributed by atoms with Crippen LogP contribution >= 0.6 is 15.9 Å². The molecule has 1 aromatic rings. The molecule has 0 saturated carbocycles. The van der Waals surface area contributed by atoms with Gasteiger partial charge in [0, 0.05) is 0 Å². The van der Waals surface area contributed by atoms with Crippen molar-refractivity contribution in [1.29, 1.82) is 0 Å². The molecule has 0 aliphatic heterocycles. The Balaban J connectivity index is 2.96. The van der Waals surface area contributed by atoms with Crippen LogP contribution in [0, 0.1) is 5.82 Å². The zero-order valence-corrected chi connectivity index (χ0v) is 10.9. The minimum absolute atomic E-state index is 0.116. The fraction of sp³-hybridized carbons (Fsp3) is 0.400. The quantitative estimate of drug-likeness (QED) is 0.859. The summed E-state index contributed by atoms with van der Waals surface area (Å²) in [4.78, 5) is 0. The van der Waals surface area contributed by atoms with Crippen molar-refractivity contribution < 1.29 is 12.8 Å². The van der Waals surface area contributed by atoms with E-state index in [-0.39, 0.29) is 5.75 Å². The van der Waals surface area contributed by atoms with E-state index < -0.39 is 20.9 Å². The summed E-state index contributed by atoms with van der Waals surface area (Å²) in [5.74, 6) is -0.555. The fourth-order valence-electron chi connectivity index (χ4n) is 1.03. The lowest BCUT2D eigenvalue weighted by molar-refractivity contribution is 0.586. The normalized spacial score (nSPS) is 12.1. The lowest BCUT2D eigenvalue weighted by atomic mass is 10.2. The molecule has 0 aromatic heterocycles. The third-order valence-electron chi connectivity index (χ3n) is 2.07. The minimum Gasteiger partial charge on any atom is -0.228 e. The van der Waals surface area contributed by atoms with E-state index in [0.717, 1.165) is 0 Å². The number of hydrogen-bond acceptors (Lipinski definition) is 2. The average Bonchev–Trinajstić information content (AvgIpc) is 2.10. The third-order valence-corrected chi connectivity index (χ3v) is 4.89. The van der Waals surface area contributed by atoms with Gasteiger partial charge in [0.2, 0.25) is 0 Å². The van der Waals surface area contributed by atoms with Gasteiger partial charge in [0.15, 0.2) is 9.84 Å². The first kappa shape index (κ1) is 12.6. The van der Waals surface area contributed by atoms with Gasteiger partial charge in [-0.05, 0) is 47.5 Å². The van der Waals surface area contributed by atoms with Gasteiger partial charge in [-0.2, -0.15) is 0 Å². The number of benzene rings is 1. The first-order valence-electron chi connectivity index (χ1n) is 4.48. The summed E-state index contributed by atoms with van der Waals surface area (Å²) in [6, 6.07) is 4.36. The monoisotopic (exact) mass is 294 g/mol. The van der Waals surface area contributed by atoms with E-state index in [2.05, 4.69) is 15.9 Å². The topological polar surface area (TPSA) is 34.1 Å². The Bertz CT molecular complexity index is 454. The Hall–Kier alpha value is -0.420. The second kappa shape index (κ2) is 4.61. The molecule has 0 spiro atoms. The Morgan fingerprint density at radius 2 is 2.00 bits per heavy atom. The zero-order valence-electron chi connectivity index (χ0n) is 8.50. The smallest absolute Gasteiger partial charge is 0.156 e. The molecular formula is C10H12BrFO2S. The maximum Gasteiger partial charge on any atom is 0.156 e. The van der Waals surface area contributed by atoms with Gasteiger partial charge < -0.3 is 0 Å². The first-order valence-corrected chi connectivity index (χ1v) is 6.99. The van der Waals surface area contributed by atoms with Gasteiger partial charge in [-0.1, -0.05) is 6.07 Å². The molecule has 15 heavy (non-hydrogen) atoms. The summed E-state index contributed by atoms with van der Waals surface area (Å²) >= 11 is 3.01.